The zero-order valence-electron chi connectivity index (χ0n) is 10.1. The predicted molar refractivity (Wildman–Crippen MR) is 73.4 cm³/mol. The molecule has 20 heavy (non-hydrogen) atoms. The second-order valence-corrected chi connectivity index (χ2v) is 5.89. The molecular formula is C10H12ClN3O5S. The van der Waals surface area contributed by atoms with Crippen molar-refractivity contribution in [1.29, 1.82) is 0 Å². The van der Waals surface area contributed by atoms with Crippen LogP contribution in [0.5, 0.6) is 0 Å². The van der Waals surface area contributed by atoms with Crippen molar-refractivity contribution >= 4 is 39.3 Å². The van der Waals surface area contributed by atoms with Crippen molar-refractivity contribution in [3.63, 3.8) is 0 Å². The van der Waals surface area contributed by atoms with Gasteiger partial charge >= 0.3 is 12.0 Å². The number of anilines is 1. The predicted octanol–water partition coefficient (Wildman–Crippen LogP) is 0.448. The number of nitrogens with one attached hydrogen (secondary N) is 2. The van der Waals surface area contributed by atoms with Crippen LogP contribution in [-0.4, -0.2) is 37.8 Å². The minimum Gasteiger partial charge on any atom is -0.478 e. The Hall–Kier alpha value is -1.84. The number of carbonyl (C=O) groups is 2. The number of carboxylic acid groups (broad SMARTS) is 1. The van der Waals surface area contributed by atoms with E-state index in [1.54, 1.807) is 0 Å². The third-order valence-corrected chi connectivity index (χ3v) is 3.22. The molecule has 0 aliphatic rings. The largest absolute Gasteiger partial charge is 0.478 e. The summed E-state index contributed by atoms with van der Waals surface area (Å²) in [6, 6.07) is 3.10. The van der Waals surface area contributed by atoms with E-state index in [2.05, 4.69) is 10.6 Å². The van der Waals surface area contributed by atoms with Gasteiger partial charge in [0.05, 0.1) is 22.0 Å². The van der Waals surface area contributed by atoms with Gasteiger partial charge in [-0.2, -0.15) is 0 Å². The molecule has 0 saturated carbocycles. The maximum Gasteiger partial charge on any atom is 0.335 e. The van der Waals surface area contributed by atoms with Gasteiger partial charge in [0.15, 0.2) is 0 Å². The Morgan fingerprint density at radius 2 is 2.00 bits per heavy atom. The summed E-state index contributed by atoms with van der Waals surface area (Å²) in [4.78, 5) is 22.1. The lowest BCUT2D eigenvalue weighted by Gasteiger charge is -2.09. The first-order valence-electron chi connectivity index (χ1n) is 5.27. The zero-order chi connectivity index (χ0) is 15.3. The van der Waals surface area contributed by atoms with Gasteiger partial charge in [-0.25, -0.2) is 23.1 Å². The fourth-order valence-electron chi connectivity index (χ4n) is 1.22. The van der Waals surface area contributed by atoms with Crippen LogP contribution in [0.25, 0.3) is 0 Å². The van der Waals surface area contributed by atoms with Gasteiger partial charge in [-0.1, -0.05) is 11.6 Å². The average molecular weight is 322 g/mol. The number of sulfonamides is 1. The summed E-state index contributed by atoms with van der Waals surface area (Å²) in [5, 5.41) is 18.2. The second kappa shape index (κ2) is 6.55. The van der Waals surface area contributed by atoms with E-state index in [0.29, 0.717) is 0 Å². The van der Waals surface area contributed by atoms with Gasteiger partial charge in [0, 0.05) is 6.54 Å². The lowest BCUT2D eigenvalue weighted by Crippen LogP contribution is -2.34. The second-order valence-electron chi connectivity index (χ2n) is 3.75. The summed E-state index contributed by atoms with van der Waals surface area (Å²) in [7, 11) is -3.65. The fraction of sp³-hybridized carbons (Fsp3) is 0.200. The molecule has 5 N–H and O–H groups in total. The highest BCUT2D eigenvalue weighted by Gasteiger charge is 2.10. The van der Waals surface area contributed by atoms with Crippen LogP contribution in [0.4, 0.5) is 10.5 Å². The Bertz CT molecular complexity index is 632. The molecule has 2 amide bonds. The number of benzene rings is 1. The maximum atomic E-state index is 11.4. The molecule has 10 heteroatoms. The summed E-state index contributed by atoms with van der Waals surface area (Å²) < 4.78 is 21.3. The lowest BCUT2D eigenvalue weighted by molar-refractivity contribution is 0.0697. The third-order valence-electron chi connectivity index (χ3n) is 2.14. The van der Waals surface area contributed by atoms with E-state index in [-0.39, 0.29) is 22.8 Å². The molecule has 0 atom stereocenters. The first kappa shape index (κ1) is 16.2. The number of halogens is 1. The molecular weight excluding hydrogens is 310 g/mol. The Labute approximate surface area is 120 Å². The number of hydrogen-bond acceptors (Lipinski definition) is 4. The van der Waals surface area contributed by atoms with Gasteiger partial charge in [-0.3, -0.25) is 0 Å². The standard InChI is InChI=1S/C10H12ClN3O5S/c11-7-5-6(9(15)16)1-2-8(7)14-10(17)13-3-4-20(12,18)19/h1-2,5H,3-4H2,(H,15,16)(H2,12,18,19)(H2,13,14,17). The van der Waals surface area contributed by atoms with Gasteiger partial charge < -0.3 is 15.7 Å². The molecule has 8 nitrogen and oxygen atoms in total. The van der Waals surface area contributed by atoms with E-state index in [1.165, 1.54) is 18.2 Å². The lowest BCUT2D eigenvalue weighted by atomic mass is 10.2. The molecule has 1 aromatic rings. The highest BCUT2D eigenvalue weighted by molar-refractivity contribution is 7.89. The van der Waals surface area contributed by atoms with Crippen molar-refractivity contribution in [2.75, 3.05) is 17.6 Å². The number of urea groups is 1. The van der Waals surface area contributed by atoms with E-state index in [4.69, 9.17) is 21.8 Å². The van der Waals surface area contributed by atoms with Crippen LogP contribution in [0.1, 0.15) is 10.4 Å². The van der Waals surface area contributed by atoms with Crippen molar-refractivity contribution in [2.24, 2.45) is 5.14 Å². The molecule has 0 aromatic heterocycles. The Balaban J connectivity index is 2.60. The third kappa shape index (κ3) is 5.43. The van der Waals surface area contributed by atoms with Crippen LogP contribution in [0.2, 0.25) is 5.02 Å². The van der Waals surface area contributed by atoms with E-state index in [1.807, 2.05) is 0 Å². The van der Waals surface area contributed by atoms with E-state index >= 15 is 0 Å². The topological polar surface area (TPSA) is 139 Å². The SMILES string of the molecule is NS(=O)(=O)CCNC(=O)Nc1ccc(C(=O)O)cc1Cl. The number of hydrogen-bond donors (Lipinski definition) is 4. The molecule has 0 spiro atoms. The number of primary sulfonamides is 1. The molecule has 0 aliphatic carbocycles. The van der Waals surface area contributed by atoms with Crippen LogP contribution in [-0.2, 0) is 10.0 Å². The van der Waals surface area contributed by atoms with Crippen LogP contribution in [0.15, 0.2) is 18.2 Å². The molecule has 0 radical (unpaired) electrons. The summed E-state index contributed by atoms with van der Waals surface area (Å²) in [5.41, 5.74) is 0.181. The number of rotatable bonds is 5. The molecule has 0 heterocycles. The number of carbonyl (C=O) groups excluding carboxylic acids is 1. The first-order valence-corrected chi connectivity index (χ1v) is 7.36. The Kier molecular flexibility index (Phi) is 5.31. The summed E-state index contributed by atoms with van der Waals surface area (Å²) in [6.07, 6.45) is 0. The van der Waals surface area contributed by atoms with Crippen molar-refractivity contribution in [3.05, 3.63) is 28.8 Å². The number of aromatic carboxylic acids is 1. The molecule has 0 fully saturated rings. The first-order chi connectivity index (χ1) is 9.19. The number of amides is 2. The smallest absolute Gasteiger partial charge is 0.335 e. The molecule has 0 aliphatic heterocycles. The van der Waals surface area contributed by atoms with Crippen LogP contribution < -0.4 is 15.8 Å². The van der Waals surface area contributed by atoms with Crippen LogP contribution in [0, 0.1) is 0 Å². The highest BCUT2D eigenvalue weighted by atomic mass is 35.5. The highest BCUT2D eigenvalue weighted by Crippen LogP contribution is 2.22. The quantitative estimate of drug-likeness (QED) is 0.623. The summed E-state index contributed by atoms with van der Waals surface area (Å²) >= 11 is 5.80. The summed E-state index contributed by atoms with van der Waals surface area (Å²) in [6.45, 7) is -0.157. The molecule has 1 aromatic carbocycles. The fourth-order valence-corrected chi connectivity index (χ4v) is 1.84. The van der Waals surface area contributed by atoms with Crippen molar-refractivity contribution in [1.82, 2.24) is 5.32 Å². The normalized spacial score (nSPS) is 10.9. The minimum atomic E-state index is -3.65. The van der Waals surface area contributed by atoms with Crippen molar-refractivity contribution < 1.29 is 23.1 Å². The number of carboxylic acids is 1. The van der Waals surface area contributed by atoms with Gasteiger partial charge in [0.25, 0.3) is 0 Å². The Morgan fingerprint density at radius 1 is 1.35 bits per heavy atom. The zero-order valence-corrected chi connectivity index (χ0v) is 11.7. The molecule has 1 rings (SSSR count). The van der Waals surface area contributed by atoms with Gasteiger partial charge in [-0.15, -0.1) is 0 Å². The van der Waals surface area contributed by atoms with E-state index < -0.39 is 27.8 Å². The molecule has 110 valence electrons. The van der Waals surface area contributed by atoms with E-state index in [0.717, 1.165) is 0 Å². The molecule has 0 unspecified atom stereocenters. The van der Waals surface area contributed by atoms with Gasteiger partial charge in [-0.05, 0) is 18.2 Å². The maximum absolute atomic E-state index is 11.4. The minimum absolute atomic E-state index is 0.0183. The summed E-state index contributed by atoms with van der Waals surface area (Å²) in [5.74, 6) is -1.54. The van der Waals surface area contributed by atoms with Crippen LogP contribution >= 0.6 is 11.6 Å². The monoisotopic (exact) mass is 321 g/mol. The number of nitrogens with two attached hydrogens (primary N) is 1. The van der Waals surface area contributed by atoms with E-state index in [9.17, 15) is 18.0 Å². The Morgan fingerprint density at radius 3 is 2.50 bits per heavy atom. The molecule has 0 saturated heterocycles. The van der Waals surface area contributed by atoms with Crippen molar-refractivity contribution in [2.45, 2.75) is 0 Å². The van der Waals surface area contributed by atoms with Crippen LogP contribution in [0.3, 0.4) is 0 Å². The average Bonchev–Trinajstić information content (AvgIpc) is 2.29. The van der Waals surface area contributed by atoms with Crippen molar-refractivity contribution in [3.8, 4) is 0 Å². The van der Waals surface area contributed by atoms with Gasteiger partial charge in [0.1, 0.15) is 0 Å². The molecule has 0 bridgehead atoms. The van der Waals surface area contributed by atoms with Gasteiger partial charge in [0.2, 0.25) is 10.0 Å².